The van der Waals surface area contributed by atoms with Gasteiger partial charge in [0.2, 0.25) is 0 Å². The van der Waals surface area contributed by atoms with Crippen molar-refractivity contribution in [2.75, 3.05) is 6.61 Å². The fraction of sp³-hybridized carbons (Fsp3) is 0.778. The molecular weight excluding hydrogens is 143 g/mol. The van der Waals surface area contributed by atoms with Gasteiger partial charge in [-0.2, -0.15) is 0 Å². The highest BCUT2D eigenvalue weighted by Crippen LogP contribution is 2.43. The molecule has 0 spiro atoms. The molecule has 1 aliphatic rings. The molecule has 11 heavy (non-hydrogen) atoms. The SMILES string of the molecule is CC1=C[C@H](CO)C(C)(C)[C@H]1F. The summed E-state index contributed by atoms with van der Waals surface area (Å²) in [4.78, 5) is 0. The maximum Gasteiger partial charge on any atom is 0.127 e. The second-order valence-corrected chi connectivity index (χ2v) is 3.88. The number of halogens is 1. The number of hydrogen-bond acceptors (Lipinski definition) is 1. The van der Waals surface area contributed by atoms with Crippen LogP contribution in [0.15, 0.2) is 11.6 Å². The lowest BCUT2D eigenvalue weighted by atomic mass is 9.80. The molecule has 0 saturated heterocycles. The van der Waals surface area contributed by atoms with Crippen molar-refractivity contribution in [3.63, 3.8) is 0 Å². The van der Waals surface area contributed by atoms with Crippen molar-refractivity contribution >= 4 is 0 Å². The normalized spacial score (nSPS) is 35.5. The molecule has 0 bridgehead atoms. The smallest absolute Gasteiger partial charge is 0.127 e. The molecule has 0 unspecified atom stereocenters. The van der Waals surface area contributed by atoms with Crippen LogP contribution in [0.5, 0.6) is 0 Å². The molecule has 0 saturated carbocycles. The van der Waals surface area contributed by atoms with Crippen LogP contribution in [0, 0.1) is 11.3 Å². The Bertz CT molecular complexity index is 184. The average molecular weight is 158 g/mol. The number of alkyl halides is 1. The first-order chi connectivity index (χ1) is 5.00. The van der Waals surface area contributed by atoms with Crippen LogP contribution < -0.4 is 0 Å². The molecule has 64 valence electrons. The molecule has 1 aliphatic carbocycles. The zero-order chi connectivity index (χ0) is 8.65. The Kier molecular flexibility index (Phi) is 2.06. The first kappa shape index (κ1) is 8.72. The topological polar surface area (TPSA) is 20.2 Å². The van der Waals surface area contributed by atoms with E-state index >= 15 is 0 Å². The fourth-order valence-electron chi connectivity index (χ4n) is 1.68. The number of hydrogen-bond donors (Lipinski definition) is 1. The van der Waals surface area contributed by atoms with Gasteiger partial charge in [0, 0.05) is 17.9 Å². The monoisotopic (exact) mass is 158 g/mol. The summed E-state index contributed by atoms with van der Waals surface area (Å²) in [6.45, 7) is 5.53. The lowest BCUT2D eigenvalue weighted by Crippen LogP contribution is -2.30. The fourth-order valence-corrected chi connectivity index (χ4v) is 1.68. The van der Waals surface area contributed by atoms with Crippen molar-refractivity contribution in [1.82, 2.24) is 0 Å². The Hall–Kier alpha value is -0.370. The third kappa shape index (κ3) is 1.20. The van der Waals surface area contributed by atoms with Gasteiger partial charge in [-0.1, -0.05) is 19.9 Å². The number of allylic oxidation sites excluding steroid dienone is 1. The predicted molar refractivity (Wildman–Crippen MR) is 43.0 cm³/mol. The highest BCUT2D eigenvalue weighted by molar-refractivity contribution is 5.21. The van der Waals surface area contributed by atoms with Crippen LogP contribution in [0.4, 0.5) is 4.39 Å². The predicted octanol–water partition coefficient (Wildman–Crippen LogP) is 1.92. The lowest BCUT2D eigenvalue weighted by Gasteiger charge is -2.28. The molecule has 0 aromatic rings. The Morgan fingerprint density at radius 3 is 2.36 bits per heavy atom. The number of rotatable bonds is 1. The second-order valence-electron chi connectivity index (χ2n) is 3.88. The van der Waals surface area contributed by atoms with Gasteiger partial charge in [0.1, 0.15) is 6.17 Å². The van der Waals surface area contributed by atoms with Crippen molar-refractivity contribution in [3.8, 4) is 0 Å². The summed E-state index contributed by atoms with van der Waals surface area (Å²) in [6, 6.07) is 0. The Labute approximate surface area is 66.9 Å². The zero-order valence-electron chi connectivity index (χ0n) is 7.26. The molecule has 0 aliphatic heterocycles. The quantitative estimate of drug-likeness (QED) is 0.578. The van der Waals surface area contributed by atoms with E-state index in [-0.39, 0.29) is 12.5 Å². The Morgan fingerprint density at radius 2 is 2.18 bits per heavy atom. The number of aliphatic hydroxyl groups excluding tert-OH is 1. The van der Waals surface area contributed by atoms with Gasteiger partial charge in [-0.3, -0.25) is 0 Å². The van der Waals surface area contributed by atoms with Gasteiger partial charge >= 0.3 is 0 Å². The summed E-state index contributed by atoms with van der Waals surface area (Å²) in [7, 11) is 0. The first-order valence-electron chi connectivity index (χ1n) is 3.93. The summed E-state index contributed by atoms with van der Waals surface area (Å²) in [5.74, 6) is -0.0162. The summed E-state index contributed by atoms with van der Waals surface area (Å²) in [5.41, 5.74) is 0.341. The van der Waals surface area contributed by atoms with E-state index in [1.54, 1.807) is 6.92 Å². The minimum absolute atomic E-state index is 0.0162. The van der Waals surface area contributed by atoms with E-state index in [0.717, 1.165) is 5.57 Å². The second kappa shape index (κ2) is 2.59. The van der Waals surface area contributed by atoms with Crippen LogP contribution in [0.25, 0.3) is 0 Å². The van der Waals surface area contributed by atoms with Crippen LogP contribution >= 0.6 is 0 Å². The summed E-state index contributed by atoms with van der Waals surface area (Å²) in [5, 5.41) is 8.93. The van der Waals surface area contributed by atoms with Crippen molar-refractivity contribution in [2.45, 2.75) is 26.9 Å². The maximum atomic E-state index is 13.4. The molecule has 0 aromatic carbocycles. The summed E-state index contributed by atoms with van der Waals surface area (Å²) < 4.78 is 13.4. The number of aliphatic hydroxyl groups is 1. The van der Waals surface area contributed by atoms with Crippen LogP contribution in [-0.4, -0.2) is 17.9 Å². The van der Waals surface area contributed by atoms with Crippen LogP contribution in [-0.2, 0) is 0 Å². The van der Waals surface area contributed by atoms with Gasteiger partial charge in [-0.15, -0.1) is 0 Å². The molecule has 0 fully saturated rings. The largest absolute Gasteiger partial charge is 0.396 e. The molecule has 0 radical (unpaired) electrons. The summed E-state index contributed by atoms with van der Waals surface area (Å²) in [6.07, 6.45) is 0.949. The van der Waals surface area contributed by atoms with E-state index < -0.39 is 11.6 Å². The molecule has 0 heterocycles. The Balaban J connectivity index is 2.85. The van der Waals surface area contributed by atoms with Crippen molar-refractivity contribution < 1.29 is 9.50 Å². The van der Waals surface area contributed by atoms with Crippen LogP contribution in [0.3, 0.4) is 0 Å². The molecular formula is C9H15FO. The highest BCUT2D eigenvalue weighted by atomic mass is 19.1. The summed E-state index contributed by atoms with van der Waals surface area (Å²) >= 11 is 0. The molecule has 1 nitrogen and oxygen atoms in total. The Morgan fingerprint density at radius 1 is 1.64 bits per heavy atom. The van der Waals surface area contributed by atoms with Crippen LogP contribution in [0.1, 0.15) is 20.8 Å². The maximum absolute atomic E-state index is 13.4. The van der Waals surface area contributed by atoms with Gasteiger partial charge in [-0.05, 0) is 12.5 Å². The van der Waals surface area contributed by atoms with Crippen molar-refractivity contribution in [2.24, 2.45) is 11.3 Å². The van der Waals surface area contributed by atoms with E-state index in [1.165, 1.54) is 0 Å². The standard InChI is InChI=1S/C9H15FO/c1-6-4-7(5-11)9(2,3)8(6)10/h4,7-8,11H,5H2,1-3H3/t7-,8+/m1/s1. The minimum Gasteiger partial charge on any atom is -0.396 e. The van der Waals surface area contributed by atoms with E-state index in [9.17, 15) is 4.39 Å². The van der Waals surface area contributed by atoms with Crippen molar-refractivity contribution in [3.05, 3.63) is 11.6 Å². The van der Waals surface area contributed by atoms with E-state index in [0.29, 0.717) is 0 Å². The van der Waals surface area contributed by atoms with E-state index in [2.05, 4.69) is 0 Å². The molecule has 1 N–H and O–H groups in total. The van der Waals surface area contributed by atoms with Gasteiger partial charge in [0.05, 0.1) is 0 Å². The van der Waals surface area contributed by atoms with Gasteiger partial charge < -0.3 is 5.11 Å². The van der Waals surface area contributed by atoms with Crippen molar-refractivity contribution in [1.29, 1.82) is 0 Å². The molecule has 0 aromatic heterocycles. The van der Waals surface area contributed by atoms with Gasteiger partial charge in [-0.25, -0.2) is 4.39 Å². The molecule has 1 rings (SSSR count). The van der Waals surface area contributed by atoms with Crippen LogP contribution in [0.2, 0.25) is 0 Å². The zero-order valence-corrected chi connectivity index (χ0v) is 7.26. The molecule has 0 amide bonds. The minimum atomic E-state index is -0.889. The third-order valence-electron chi connectivity index (χ3n) is 2.67. The van der Waals surface area contributed by atoms with Gasteiger partial charge in [0.25, 0.3) is 0 Å². The van der Waals surface area contributed by atoms with E-state index in [1.807, 2.05) is 19.9 Å². The highest BCUT2D eigenvalue weighted by Gasteiger charge is 2.42. The lowest BCUT2D eigenvalue weighted by molar-refractivity contribution is 0.102. The third-order valence-corrected chi connectivity index (χ3v) is 2.67. The first-order valence-corrected chi connectivity index (χ1v) is 3.93. The van der Waals surface area contributed by atoms with E-state index in [4.69, 9.17) is 5.11 Å². The molecule has 2 atom stereocenters. The molecule has 2 heteroatoms. The average Bonchev–Trinajstić information content (AvgIpc) is 2.13. The van der Waals surface area contributed by atoms with Gasteiger partial charge in [0.15, 0.2) is 0 Å².